The molecule has 2 rings (SSSR count). The lowest BCUT2D eigenvalue weighted by atomic mass is 9.93. The molecule has 2 atom stereocenters. The maximum atomic E-state index is 11.6. The zero-order valence-electron chi connectivity index (χ0n) is 8.73. The van der Waals surface area contributed by atoms with Gasteiger partial charge in [0.25, 0.3) is 0 Å². The van der Waals surface area contributed by atoms with E-state index in [1.54, 1.807) is 6.08 Å². The number of carbonyl (C=O) groups excluding carboxylic acids is 2. The van der Waals surface area contributed by atoms with Gasteiger partial charge >= 0.3 is 5.97 Å². The molecule has 0 fully saturated rings. The molecule has 0 radical (unpaired) electrons. The first kappa shape index (κ1) is 10.1. The summed E-state index contributed by atoms with van der Waals surface area (Å²) in [6, 6.07) is 0. The normalized spacial score (nSPS) is 29.4. The lowest BCUT2D eigenvalue weighted by molar-refractivity contribution is -0.146. The summed E-state index contributed by atoms with van der Waals surface area (Å²) in [5.74, 6) is -0.506. The smallest absolute Gasteiger partial charge is 0.303 e. The molecule has 0 N–H and O–H groups in total. The van der Waals surface area contributed by atoms with Gasteiger partial charge in [0.1, 0.15) is 6.10 Å². The van der Waals surface area contributed by atoms with Crippen LogP contribution in [-0.4, -0.2) is 17.9 Å². The molecule has 2 aliphatic carbocycles. The Hall–Kier alpha value is -1.38. The third kappa shape index (κ3) is 2.01. The largest absolute Gasteiger partial charge is 0.457 e. The van der Waals surface area contributed by atoms with Crippen molar-refractivity contribution in [1.82, 2.24) is 0 Å². The van der Waals surface area contributed by atoms with E-state index in [2.05, 4.69) is 6.08 Å². The van der Waals surface area contributed by atoms with Crippen molar-refractivity contribution < 1.29 is 14.3 Å². The number of hydrogen-bond donors (Lipinski definition) is 0. The second-order valence-electron chi connectivity index (χ2n) is 3.98. The number of ether oxygens (including phenoxy) is 1. The lowest BCUT2D eigenvalue weighted by Gasteiger charge is -2.19. The molecule has 0 aliphatic heterocycles. The standard InChI is InChI=1S/C12H14O3/c1-8(13)15-11-7-6-10(14)12(11)9-4-2-3-5-9/h4,6-7,11-12H,2-3,5H2,1H3. The fourth-order valence-corrected chi connectivity index (χ4v) is 2.24. The summed E-state index contributed by atoms with van der Waals surface area (Å²) in [5.41, 5.74) is 1.14. The fraction of sp³-hybridized carbons (Fsp3) is 0.500. The van der Waals surface area contributed by atoms with E-state index in [0.29, 0.717) is 0 Å². The van der Waals surface area contributed by atoms with Crippen molar-refractivity contribution in [3.8, 4) is 0 Å². The Kier molecular flexibility index (Phi) is 2.71. The number of allylic oxidation sites excluding steroid dienone is 2. The van der Waals surface area contributed by atoms with Crippen LogP contribution in [0.3, 0.4) is 0 Å². The molecular weight excluding hydrogens is 192 g/mol. The summed E-state index contributed by atoms with van der Waals surface area (Å²) in [6.07, 6.45) is 8.03. The third-order valence-electron chi connectivity index (χ3n) is 2.86. The number of ketones is 1. The van der Waals surface area contributed by atoms with Crippen LogP contribution in [0.5, 0.6) is 0 Å². The van der Waals surface area contributed by atoms with Crippen molar-refractivity contribution >= 4 is 11.8 Å². The first-order valence-electron chi connectivity index (χ1n) is 5.26. The average Bonchev–Trinajstić information content (AvgIpc) is 2.74. The van der Waals surface area contributed by atoms with Crippen LogP contribution in [0.25, 0.3) is 0 Å². The minimum atomic E-state index is -0.376. The molecule has 2 aliphatic rings. The molecule has 0 amide bonds. The molecule has 0 aromatic heterocycles. The fourth-order valence-electron chi connectivity index (χ4n) is 2.24. The molecule has 2 unspecified atom stereocenters. The van der Waals surface area contributed by atoms with Gasteiger partial charge in [-0.2, -0.15) is 0 Å². The van der Waals surface area contributed by atoms with Crippen LogP contribution < -0.4 is 0 Å². The molecule has 80 valence electrons. The van der Waals surface area contributed by atoms with Gasteiger partial charge < -0.3 is 4.74 Å². The molecule has 0 saturated heterocycles. The first-order valence-corrected chi connectivity index (χ1v) is 5.26. The quantitative estimate of drug-likeness (QED) is 0.511. The Balaban J connectivity index is 2.13. The zero-order valence-corrected chi connectivity index (χ0v) is 8.73. The Labute approximate surface area is 88.8 Å². The van der Waals surface area contributed by atoms with Gasteiger partial charge in [0.05, 0.1) is 5.92 Å². The van der Waals surface area contributed by atoms with E-state index in [4.69, 9.17) is 4.74 Å². The van der Waals surface area contributed by atoms with Gasteiger partial charge in [0.15, 0.2) is 5.78 Å². The van der Waals surface area contributed by atoms with Crippen molar-refractivity contribution in [1.29, 1.82) is 0 Å². The molecule has 15 heavy (non-hydrogen) atoms. The predicted octanol–water partition coefficient (Wildman–Crippen LogP) is 1.78. The Bertz CT molecular complexity index is 352. The van der Waals surface area contributed by atoms with Crippen molar-refractivity contribution in [3.63, 3.8) is 0 Å². The maximum Gasteiger partial charge on any atom is 0.303 e. The highest BCUT2D eigenvalue weighted by molar-refractivity contribution is 5.97. The van der Waals surface area contributed by atoms with Crippen molar-refractivity contribution in [2.45, 2.75) is 32.3 Å². The van der Waals surface area contributed by atoms with Crippen LogP contribution in [0.15, 0.2) is 23.8 Å². The van der Waals surface area contributed by atoms with E-state index in [-0.39, 0.29) is 23.8 Å². The molecule has 0 saturated carbocycles. The SMILES string of the molecule is CC(=O)OC1C=CC(=O)C1C1=CCCC1. The predicted molar refractivity (Wildman–Crippen MR) is 55.1 cm³/mol. The van der Waals surface area contributed by atoms with E-state index in [9.17, 15) is 9.59 Å². The topological polar surface area (TPSA) is 43.4 Å². The summed E-state index contributed by atoms with van der Waals surface area (Å²) >= 11 is 0. The van der Waals surface area contributed by atoms with Crippen molar-refractivity contribution in [2.24, 2.45) is 5.92 Å². The van der Waals surface area contributed by atoms with Gasteiger partial charge in [-0.3, -0.25) is 9.59 Å². The third-order valence-corrected chi connectivity index (χ3v) is 2.86. The Morgan fingerprint density at radius 3 is 2.93 bits per heavy atom. The van der Waals surface area contributed by atoms with E-state index < -0.39 is 0 Å². The molecular formula is C12H14O3. The van der Waals surface area contributed by atoms with Crippen LogP contribution in [0.1, 0.15) is 26.2 Å². The Morgan fingerprint density at radius 2 is 2.33 bits per heavy atom. The van der Waals surface area contributed by atoms with Crippen molar-refractivity contribution in [3.05, 3.63) is 23.8 Å². The molecule has 3 heteroatoms. The van der Waals surface area contributed by atoms with Crippen LogP contribution in [-0.2, 0) is 14.3 Å². The number of rotatable bonds is 2. The van der Waals surface area contributed by atoms with Crippen LogP contribution >= 0.6 is 0 Å². The van der Waals surface area contributed by atoms with Gasteiger partial charge in [0.2, 0.25) is 0 Å². The lowest BCUT2D eigenvalue weighted by Crippen LogP contribution is -2.26. The van der Waals surface area contributed by atoms with Gasteiger partial charge in [-0.15, -0.1) is 0 Å². The van der Waals surface area contributed by atoms with Crippen molar-refractivity contribution in [2.75, 3.05) is 0 Å². The highest BCUT2D eigenvalue weighted by Crippen LogP contribution is 2.33. The number of hydrogen-bond acceptors (Lipinski definition) is 3. The van der Waals surface area contributed by atoms with Gasteiger partial charge in [-0.05, 0) is 31.4 Å². The number of carbonyl (C=O) groups is 2. The zero-order chi connectivity index (χ0) is 10.8. The minimum Gasteiger partial charge on any atom is -0.457 e. The molecule has 0 bridgehead atoms. The minimum absolute atomic E-state index is 0.0643. The van der Waals surface area contributed by atoms with Crippen LogP contribution in [0.4, 0.5) is 0 Å². The van der Waals surface area contributed by atoms with E-state index >= 15 is 0 Å². The van der Waals surface area contributed by atoms with Crippen LogP contribution in [0.2, 0.25) is 0 Å². The molecule has 0 heterocycles. The summed E-state index contributed by atoms with van der Waals surface area (Å²) in [4.78, 5) is 22.5. The number of esters is 1. The molecule has 0 aromatic carbocycles. The van der Waals surface area contributed by atoms with Crippen LogP contribution in [0, 0.1) is 5.92 Å². The second-order valence-corrected chi connectivity index (χ2v) is 3.98. The monoisotopic (exact) mass is 206 g/mol. The Morgan fingerprint density at radius 1 is 1.53 bits per heavy atom. The second kappa shape index (κ2) is 4.01. The van der Waals surface area contributed by atoms with E-state index in [1.165, 1.54) is 13.0 Å². The van der Waals surface area contributed by atoms with Gasteiger partial charge in [-0.25, -0.2) is 0 Å². The summed E-state index contributed by atoms with van der Waals surface area (Å²) < 4.78 is 5.12. The molecule has 3 nitrogen and oxygen atoms in total. The first-order chi connectivity index (χ1) is 7.18. The molecule has 0 spiro atoms. The summed E-state index contributed by atoms with van der Waals surface area (Å²) in [5, 5.41) is 0. The van der Waals surface area contributed by atoms with Gasteiger partial charge in [0, 0.05) is 6.92 Å². The van der Waals surface area contributed by atoms with E-state index in [1.807, 2.05) is 0 Å². The highest BCUT2D eigenvalue weighted by Gasteiger charge is 2.35. The summed E-state index contributed by atoms with van der Waals surface area (Å²) in [7, 11) is 0. The molecule has 0 aromatic rings. The van der Waals surface area contributed by atoms with E-state index in [0.717, 1.165) is 24.8 Å². The van der Waals surface area contributed by atoms with Gasteiger partial charge in [-0.1, -0.05) is 11.6 Å². The average molecular weight is 206 g/mol. The maximum absolute atomic E-state index is 11.6. The highest BCUT2D eigenvalue weighted by atomic mass is 16.5. The summed E-state index contributed by atoms with van der Waals surface area (Å²) in [6.45, 7) is 1.37.